The normalized spacial score (nSPS) is 10.3. The highest BCUT2D eigenvalue weighted by Crippen LogP contribution is 2.28. The summed E-state index contributed by atoms with van der Waals surface area (Å²) in [5, 5.41) is 3.71. The highest BCUT2D eigenvalue weighted by molar-refractivity contribution is 5.72. The molecule has 0 fully saturated rings. The van der Waals surface area contributed by atoms with Crippen molar-refractivity contribution >= 4 is 5.69 Å². The van der Waals surface area contributed by atoms with E-state index < -0.39 is 5.82 Å². The molecule has 0 unspecified atom stereocenters. The van der Waals surface area contributed by atoms with Crippen molar-refractivity contribution < 1.29 is 13.7 Å². The Labute approximate surface area is 85.4 Å². The summed E-state index contributed by atoms with van der Waals surface area (Å²) < 4.78 is 22.7. The SMILES string of the molecule is COc1cc(-c2nocc2N)ccc1F. The van der Waals surface area contributed by atoms with Crippen LogP contribution in [0.15, 0.2) is 29.0 Å². The quantitative estimate of drug-likeness (QED) is 0.820. The Morgan fingerprint density at radius 3 is 2.87 bits per heavy atom. The van der Waals surface area contributed by atoms with Crippen molar-refractivity contribution in [3.05, 3.63) is 30.3 Å². The molecule has 0 saturated carbocycles. The summed E-state index contributed by atoms with van der Waals surface area (Å²) in [6.45, 7) is 0. The topological polar surface area (TPSA) is 61.3 Å². The lowest BCUT2D eigenvalue weighted by molar-refractivity contribution is 0.386. The third kappa shape index (κ3) is 1.63. The molecule has 0 aliphatic carbocycles. The summed E-state index contributed by atoms with van der Waals surface area (Å²) in [5.74, 6) is -0.279. The number of halogens is 1. The van der Waals surface area contributed by atoms with E-state index in [-0.39, 0.29) is 5.75 Å². The largest absolute Gasteiger partial charge is 0.494 e. The van der Waals surface area contributed by atoms with Crippen LogP contribution in [-0.2, 0) is 0 Å². The minimum absolute atomic E-state index is 0.148. The molecule has 0 radical (unpaired) electrons. The molecular weight excluding hydrogens is 199 g/mol. The van der Waals surface area contributed by atoms with Crippen LogP contribution >= 0.6 is 0 Å². The molecule has 2 N–H and O–H groups in total. The summed E-state index contributed by atoms with van der Waals surface area (Å²) >= 11 is 0. The number of anilines is 1. The van der Waals surface area contributed by atoms with Crippen LogP contribution < -0.4 is 10.5 Å². The van der Waals surface area contributed by atoms with Crippen LogP contribution in [0.25, 0.3) is 11.3 Å². The highest BCUT2D eigenvalue weighted by atomic mass is 19.1. The van der Waals surface area contributed by atoms with Gasteiger partial charge in [-0.05, 0) is 18.2 Å². The zero-order valence-electron chi connectivity index (χ0n) is 8.03. The Kier molecular flexibility index (Phi) is 2.29. The number of ether oxygens (including phenoxy) is 1. The first kappa shape index (κ1) is 9.51. The van der Waals surface area contributed by atoms with Crippen molar-refractivity contribution in [2.75, 3.05) is 12.8 Å². The average Bonchev–Trinajstić information content (AvgIpc) is 2.65. The Hall–Kier alpha value is -2.04. The summed E-state index contributed by atoms with van der Waals surface area (Å²) in [4.78, 5) is 0. The lowest BCUT2D eigenvalue weighted by atomic mass is 10.1. The van der Waals surface area contributed by atoms with Gasteiger partial charge in [-0.2, -0.15) is 0 Å². The Bertz CT molecular complexity index is 482. The molecule has 0 spiro atoms. The van der Waals surface area contributed by atoms with E-state index in [1.165, 1.54) is 25.5 Å². The molecule has 78 valence electrons. The van der Waals surface area contributed by atoms with E-state index in [0.717, 1.165) is 0 Å². The second-order valence-electron chi connectivity index (χ2n) is 2.97. The molecule has 1 aromatic carbocycles. The van der Waals surface area contributed by atoms with Crippen LogP contribution in [-0.4, -0.2) is 12.3 Å². The molecule has 2 rings (SSSR count). The molecule has 15 heavy (non-hydrogen) atoms. The molecule has 5 heteroatoms. The van der Waals surface area contributed by atoms with E-state index in [4.69, 9.17) is 15.0 Å². The van der Waals surface area contributed by atoms with Gasteiger partial charge in [0.15, 0.2) is 11.6 Å². The van der Waals surface area contributed by atoms with Gasteiger partial charge in [-0.3, -0.25) is 0 Å². The van der Waals surface area contributed by atoms with Crippen molar-refractivity contribution in [1.29, 1.82) is 0 Å². The standard InChI is InChI=1S/C10H9FN2O2/c1-14-9-4-6(2-3-7(9)11)10-8(12)5-15-13-10/h2-5H,12H2,1H3. The minimum atomic E-state index is -0.427. The van der Waals surface area contributed by atoms with Gasteiger partial charge in [-0.1, -0.05) is 5.16 Å². The summed E-state index contributed by atoms with van der Waals surface area (Å²) in [6, 6.07) is 4.37. The lowest BCUT2D eigenvalue weighted by Gasteiger charge is -2.03. The Morgan fingerprint density at radius 1 is 1.47 bits per heavy atom. The fourth-order valence-corrected chi connectivity index (χ4v) is 1.27. The van der Waals surface area contributed by atoms with Gasteiger partial charge in [0.05, 0.1) is 7.11 Å². The van der Waals surface area contributed by atoms with Crippen molar-refractivity contribution in [2.45, 2.75) is 0 Å². The van der Waals surface area contributed by atoms with E-state index in [0.29, 0.717) is 16.9 Å². The minimum Gasteiger partial charge on any atom is -0.494 e. The van der Waals surface area contributed by atoms with Crippen LogP contribution in [0.5, 0.6) is 5.75 Å². The number of rotatable bonds is 2. The van der Waals surface area contributed by atoms with E-state index >= 15 is 0 Å². The van der Waals surface area contributed by atoms with Gasteiger partial charge < -0.3 is 15.0 Å². The lowest BCUT2D eigenvalue weighted by Crippen LogP contribution is -1.91. The molecule has 0 atom stereocenters. The van der Waals surface area contributed by atoms with E-state index in [2.05, 4.69) is 5.16 Å². The molecule has 2 aromatic rings. The summed E-state index contributed by atoms with van der Waals surface area (Å²) in [7, 11) is 1.40. The molecule has 1 heterocycles. The maximum absolute atomic E-state index is 13.1. The summed E-state index contributed by atoms with van der Waals surface area (Å²) in [6.07, 6.45) is 1.32. The Morgan fingerprint density at radius 2 is 2.27 bits per heavy atom. The smallest absolute Gasteiger partial charge is 0.165 e. The van der Waals surface area contributed by atoms with Crippen LogP contribution in [0, 0.1) is 5.82 Å². The molecule has 4 nitrogen and oxygen atoms in total. The second-order valence-corrected chi connectivity index (χ2v) is 2.97. The first-order valence-electron chi connectivity index (χ1n) is 4.26. The van der Waals surface area contributed by atoms with Gasteiger partial charge in [0.1, 0.15) is 17.6 Å². The van der Waals surface area contributed by atoms with Crippen LogP contribution in [0.3, 0.4) is 0 Å². The number of nitrogens with zero attached hydrogens (tertiary/aromatic N) is 1. The molecule has 0 saturated heterocycles. The third-order valence-corrected chi connectivity index (χ3v) is 2.02. The maximum Gasteiger partial charge on any atom is 0.165 e. The van der Waals surface area contributed by atoms with Gasteiger partial charge in [0.25, 0.3) is 0 Å². The number of hydrogen-bond acceptors (Lipinski definition) is 4. The fraction of sp³-hybridized carbons (Fsp3) is 0.100. The first-order valence-corrected chi connectivity index (χ1v) is 4.26. The third-order valence-electron chi connectivity index (χ3n) is 2.02. The van der Waals surface area contributed by atoms with Crippen LogP contribution in [0.1, 0.15) is 0 Å². The van der Waals surface area contributed by atoms with Gasteiger partial charge in [0, 0.05) is 5.56 Å². The highest BCUT2D eigenvalue weighted by Gasteiger charge is 2.10. The molecule has 0 bridgehead atoms. The average molecular weight is 208 g/mol. The number of nitrogen functional groups attached to an aromatic ring is 1. The Balaban J connectivity index is 2.51. The zero-order chi connectivity index (χ0) is 10.8. The first-order chi connectivity index (χ1) is 7.22. The van der Waals surface area contributed by atoms with E-state index in [1.807, 2.05) is 0 Å². The van der Waals surface area contributed by atoms with E-state index in [1.54, 1.807) is 6.07 Å². The number of benzene rings is 1. The van der Waals surface area contributed by atoms with Crippen LogP contribution in [0.4, 0.5) is 10.1 Å². The summed E-state index contributed by atoms with van der Waals surface area (Å²) in [5.41, 5.74) is 7.15. The van der Waals surface area contributed by atoms with Crippen molar-refractivity contribution in [3.8, 4) is 17.0 Å². The van der Waals surface area contributed by atoms with Crippen molar-refractivity contribution in [1.82, 2.24) is 5.16 Å². The van der Waals surface area contributed by atoms with Gasteiger partial charge in [-0.25, -0.2) is 4.39 Å². The predicted octanol–water partition coefficient (Wildman–Crippen LogP) is 2.07. The van der Waals surface area contributed by atoms with Gasteiger partial charge >= 0.3 is 0 Å². The monoisotopic (exact) mass is 208 g/mol. The van der Waals surface area contributed by atoms with Crippen molar-refractivity contribution in [2.24, 2.45) is 0 Å². The molecular formula is C10H9FN2O2. The zero-order valence-corrected chi connectivity index (χ0v) is 8.03. The fourth-order valence-electron chi connectivity index (χ4n) is 1.27. The van der Waals surface area contributed by atoms with Crippen LogP contribution in [0.2, 0.25) is 0 Å². The number of hydrogen-bond donors (Lipinski definition) is 1. The number of methoxy groups -OCH3 is 1. The van der Waals surface area contributed by atoms with Gasteiger partial charge in [0.2, 0.25) is 0 Å². The second kappa shape index (κ2) is 3.61. The predicted molar refractivity (Wildman–Crippen MR) is 52.9 cm³/mol. The van der Waals surface area contributed by atoms with E-state index in [9.17, 15) is 4.39 Å². The molecule has 0 aliphatic heterocycles. The maximum atomic E-state index is 13.1. The van der Waals surface area contributed by atoms with Gasteiger partial charge in [-0.15, -0.1) is 0 Å². The molecule has 0 amide bonds. The number of aromatic nitrogens is 1. The molecule has 0 aliphatic rings. The number of nitrogens with two attached hydrogens (primary N) is 1. The van der Waals surface area contributed by atoms with Crippen molar-refractivity contribution in [3.63, 3.8) is 0 Å². The molecule has 1 aromatic heterocycles.